The molecular weight excluding hydrogens is 259 g/mol. The maximum atomic E-state index is 13.0. The van der Waals surface area contributed by atoms with Crippen LogP contribution in [0.1, 0.15) is 0 Å². The van der Waals surface area contributed by atoms with Crippen molar-refractivity contribution in [3.05, 3.63) is 35.4 Å². The van der Waals surface area contributed by atoms with Crippen molar-refractivity contribution >= 4 is 28.9 Å². The molecule has 0 amide bonds. The number of rotatable bonds is 3. The van der Waals surface area contributed by atoms with Crippen LogP contribution in [0.2, 0.25) is 5.02 Å². The van der Waals surface area contributed by atoms with Gasteiger partial charge in [-0.05, 0) is 12.1 Å². The number of nitrogens with two attached hydrogens (primary N) is 1. The molecule has 1 aromatic heterocycles. The molecule has 0 radical (unpaired) electrons. The van der Waals surface area contributed by atoms with Crippen molar-refractivity contribution in [1.29, 1.82) is 0 Å². The van der Waals surface area contributed by atoms with Crippen molar-refractivity contribution in [3.8, 4) is 5.75 Å². The molecule has 0 atom stereocenters. The van der Waals surface area contributed by atoms with Crippen molar-refractivity contribution in [1.82, 2.24) is 9.97 Å². The molecule has 0 bridgehead atoms. The summed E-state index contributed by atoms with van der Waals surface area (Å²) in [5, 5.41) is 3.10. The van der Waals surface area contributed by atoms with Gasteiger partial charge in [0.25, 0.3) is 0 Å². The minimum absolute atomic E-state index is 0.162. The highest BCUT2D eigenvalue weighted by atomic mass is 35.5. The maximum absolute atomic E-state index is 13.0. The van der Waals surface area contributed by atoms with E-state index in [4.69, 9.17) is 22.1 Å². The number of hydrogen-bond donors (Lipinski definition) is 2. The van der Waals surface area contributed by atoms with Gasteiger partial charge in [0.15, 0.2) is 5.82 Å². The molecule has 2 aromatic rings. The lowest BCUT2D eigenvalue weighted by Crippen LogP contribution is -2.01. The summed E-state index contributed by atoms with van der Waals surface area (Å²) in [7, 11) is 1.44. The Kier molecular flexibility index (Phi) is 3.47. The zero-order valence-electron chi connectivity index (χ0n) is 9.45. The molecule has 94 valence electrons. The fourth-order valence-corrected chi connectivity index (χ4v) is 1.51. The van der Waals surface area contributed by atoms with Gasteiger partial charge in [0.1, 0.15) is 28.7 Å². The van der Waals surface area contributed by atoms with Crippen molar-refractivity contribution in [2.45, 2.75) is 0 Å². The van der Waals surface area contributed by atoms with Gasteiger partial charge in [-0.2, -0.15) is 0 Å². The Morgan fingerprint density at radius 3 is 2.89 bits per heavy atom. The van der Waals surface area contributed by atoms with E-state index in [0.717, 1.165) is 0 Å². The van der Waals surface area contributed by atoms with E-state index >= 15 is 0 Å². The Hall–Kier alpha value is -2.08. The summed E-state index contributed by atoms with van der Waals surface area (Å²) in [5.74, 6) is 0.429. The van der Waals surface area contributed by atoms with E-state index in [2.05, 4.69) is 15.3 Å². The lowest BCUT2D eigenvalue weighted by molar-refractivity contribution is 0.413. The topological polar surface area (TPSA) is 73.1 Å². The van der Waals surface area contributed by atoms with E-state index in [1.165, 1.54) is 31.6 Å². The predicted molar refractivity (Wildman–Crippen MR) is 67.7 cm³/mol. The molecular formula is C11H10ClFN4O. The van der Waals surface area contributed by atoms with Crippen LogP contribution in [0.5, 0.6) is 5.75 Å². The highest BCUT2D eigenvalue weighted by molar-refractivity contribution is 6.35. The Bertz CT molecular complexity index is 579. The first-order chi connectivity index (χ1) is 8.61. The van der Waals surface area contributed by atoms with Crippen LogP contribution in [-0.2, 0) is 0 Å². The largest absolute Gasteiger partial charge is 0.494 e. The summed E-state index contributed by atoms with van der Waals surface area (Å²) in [6.45, 7) is 0. The first kappa shape index (κ1) is 12.4. The molecule has 0 saturated carbocycles. The van der Waals surface area contributed by atoms with Crippen LogP contribution in [0, 0.1) is 5.82 Å². The van der Waals surface area contributed by atoms with Gasteiger partial charge in [-0.25, -0.2) is 14.4 Å². The molecule has 1 aromatic carbocycles. The molecule has 2 rings (SSSR count). The number of ether oxygens (including phenoxy) is 1. The van der Waals surface area contributed by atoms with Gasteiger partial charge in [-0.3, -0.25) is 0 Å². The fraction of sp³-hybridized carbons (Fsp3) is 0.0909. The number of nitrogen functional groups attached to an aromatic ring is 1. The van der Waals surface area contributed by atoms with Crippen LogP contribution < -0.4 is 15.8 Å². The van der Waals surface area contributed by atoms with Gasteiger partial charge in [0, 0.05) is 6.07 Å². The number of nitrogens with zero attached hydrogens (tertiary/aromatic N) is 2. The zero-order chi connectivity index (χ0) is 13.1. The van der Waals surface area contributed by atoms with Crippen LogP contribution in [-0.4, -0.2) is 17.1 Å². The first-order valence-electron chi connectivity index (χ1n) is 4.98. The highest BCUT2D eigenvalue weighted by Gasteiger charge is 2.10. The smallest absolute Gasteiger partial charge is 0.154 e. The van der Waals surface area contributed by atoms with Gasteiger partial charge < -0.3 is 15.8 Å². The Morgan fingerprint density at radius 2 is 2.17 bits per heavy atom. The summed E-state index contributed by atoms with van der Waals surface area (Å²) in [5.41, 5.74) is 6.08. The highest BCUT2D eigenvalue weighted by Crippen LogP contribution is 2.31. The minimum atomic E-state index is -0.398. The van der Waals surface area contributed by atoms with Crippen LogP contribution in [0.3, 0.4) is 0 Å². The minimum Gasteiger partial charge on any atom is -0.494 e. The lowest BCUT2D eigenvalue weighted by Gasteiger charge is -2.11. The molecule has 0 aliphatic heterocycles. The van der Waals surface area contributed by atoms with E-state index in [0.29, 0.717) is 17.3 Å². The Balaban J connectivity index is 2.37. The monoisotopic (exact) mass is 268 g/mol. The summed E-state index contributed by atoms with van der Waals surface area (Å²) in [6, 6.07) is 4.06. The van der Waals surface area contributed by atoms with Crippen LogP contribution in [0.25, 0.3) is 0 Å². The van der Waals surface area contributed by atoms with E-state index in [1.807, 2.05) is 0 Å². The van der Waals surface area contributed by atoms with E-state index in [9.17, 15) is 4.39 Å². The number of methoxy groups -OCH3 is 1. The molecule has 1 heterocycles. The van der Waals surface area contributed by atoms with Gasteiger partial charge in [-0.1, -0.05) is 11.6 Å². The Morgan fingerprint density at radius 1 is 1.39 bits per heavy atom. The van der Waals surface area contributed by atoms with E-state index in [-0.39, 0.29) is 10.8 Å². The van der Waals surface area contributed by atoms with Crippen molar-refractivity contribution < 1.29 is 9.13 Å². The predicted octanol–water partition coefficient (Wildman–Crippen LogP) is 2.60. The van der Waals surface area contributed by atoms with Crippen molar-refractivity contribution in [3.63, 3.8) is 0 Å². The molecule has 0 aliphatic rings. The van der Waals surface area contributed by atoms with Crippen LogP contribution in [0.15, 0.2) is 24.5 Å². The van der Waals surface area contributed by atoms with Gasteiger partial charge in [-0.15, -0.1) is 0 Å². The first-order valence-corrected chi connectivity index (χ1v) is 5.36. The molecule has 18 heavy (non-hydrogen) atoms. The number of hydrogen-bond acceptors (Lipinski definition) is 5. The number of halogens is 2. The standard InChI is InChI=1S/C11H10ClFN4O/c1-18-8-4-6(13)2-3-7(8)17-11-9(12)10(14)15-5-16-11/h2-5H,1H3,(H3,14,15,16,17). The van der Waals surface area contributed by atoms with E-state index < -0.39 is 5.82 Å². The number of benzene rings is 1. The summed E-state index contributed by atoms with van der Waals surface area (Å²) in [6.07, 6.45) is 1.28. The second kappa shape index (κ2) is 5.05. The molecule has 0 fully saturated rings. The quantitative estimate of drug-likeness (QED) is 0.895. The average molecular weight is 269 g/mol. The fourth-order valence-electron chi connectivity index (χ4n) is 1.37. The SMILES string of the molecule is COc1cc(F)ccc1Nc1ncnc(N)c1Cl. The van der Waals surface area contributed by atoms with Crippen LogP contribution >= 0.6 is 11.6 Å². The summed E-state index contributed by atoms with van der Waals surface area (Å²) in [4.78, 5) is 7.69. The number of anilines is 3. The third-order valence-electron chi connectivity index (χ3n) is 2.23. The lowest BCUT2D eigenvalue weighted by atomic mass is 10.3. The molecule has 5 nitrogen and oxygen atoms in total. The molecule has 3 N–H and O–H groups in total. The number of nitrogens with one attached hydrogen (secondary N) is 1. The second-order valence-electron chi connectivity index (χ2n) is 3.39. The third kappa shape index (κ3) is 2.43. The molecule has 0 saturated heterocycles. The molecule has 0 spiro atoms. The second-order valence-corrected chi connectivity index (χ2v) is 3.77. The summed E-state index contributed by atoms with van der Waals surface area (Å²) >= 11 is 5.94. The van der Waals surface area contributed by atoms with Crippen LogP contribution in [0.4, 0.5) is 21.7 Å². The summed E-state index contributed by atoms with van der Waals surface area (Å²) < 4.78 is 18.1. The van der Waals surface area contributed by atoms with Crippen molar-refractivity contribution in [2.75, 3.05) is 18.2 Å². The van der Waals surface area contributed by atoms with Gasteiger partial charge in [0.05, 0.1) is 12.8 Å². The van der Waals surface area contributed by atoms with Gasteiger partial charge in [0.2, 0.25) is 0 Å². The maximum Gasteiger partial charge on any atom is 0.154 e. The molecule has 0 aliphatic carbocycles. The zero-order valence-corrected chi connectivity index (χ0v) is 10.2. The van der Waals surface area contributed by atoms with E-state index in [1.54, 1.807) is 0 Å². The normalized spacial score (nSPS) is 10.2. The number of aromatic nitrogens is 2. The Labute approximate surface area is 108 Å². The molecule has 0 unspecified atom stereocenters. The van der Waals surface area contributed by atoms with Gasteiger partial charge >= 0.3 is 0 Å². The average Bonchev–Trinajstić information content (AvgIpc) is 2.37. The third-order valence-corrected chi connectivity index (χ3v) is 2.61. The molecule has 7 heteroatoms. The van der Waals surface area contributed by atoms with Crippen molar-refractivity contribution in [2.24, 2.45) is 0 Å².